The molecule has 1 rings (SSSR count). The van der Waals surface area contributed by atoms with E-state index in [1.807, 2.05) is 37.3 Å². The molecule has 0 radical (unpaired) electrons. The zero-order valence-corrected chi connectivity index (χ0v) is 11.4. The second kappa shape index (κ2) is 9.35. The molecule has 19 heavy (non-hydrogen) atoms. The van der Waals surface area contributed by atoms with Gasteiger partial charge in [-0.05, 0) is 18.9 Å². The van der Waals surface area contributed by atoms with Crippen LogP contribution in [0.15, 0.2) is 30.3 Å². The standard InChI is InChI=1S/C14H21NO4/c1-12(19-11-17-2)8-9-15-14(16)18-10-13-6-4-3-5-7-13/h3-7,12H,8-11H2,1-2H3,(H,15,16). The molecule has 0 aliphatic heterocycles. The number of hydrogen-bond acceptors (Lipinski definition) is 4. The first-order chi connectivity index (χ1) is 9.22. The quantitative estimate of drug-likeness (QED) is 0.734. The van der Waals surface area contributed by atoms with Crippen LogP contribution in [0.4, 0.5) is 4.79 Å². The van der Waals surface area contributed by atoms with Crippen molar-refractivity contribution in [2.24, 2.45) is 0 Å². The topological polar surface area (TPSA) is 56.8 Å². The SMILES string of the molecule is COCOC(C)CCNC(=O)OCc1ccccc1. The summed E-state index contributed by atoms with van der Waals surface area (Å²) in [6.07, 6.45) is 0.334. The molecule has 0 aliphatic rings. The third-order valence-electron chi connectivity index (χ3n) is 2.50. The van der Waals surface area contributed by atoms with Crippen LogP contribution in [0.3, 0.4) is 0 Å². The van der Waals surface area contributed by atoms with E-state index in [1.54, 1.807) is 7.11 Å². The van der Waals surface area contributed by atoms with Gasteiger partial charge in [0.1, 0.15) is 13.4 Å². The molecule has 1 N–H and O–H groups in total. The number of hydrogen-bond donors (Lipinski definition) is 1. The molecule has 0 saturated carbocycles. The number of carbonyl (C=O) groups excluding carboxylic acids is 1. The van der Waals surface area contributed by atoms with Gasteiger partial charge in [-0.1, -0.05) is 30.3 Å². The lowest BCUT2D eigenvalue weighted by Crippen LogP contribution is -2.28. The highest BCUT2D eigenvalue weighted by atomic mass is 16.7. The molecule has 0 bridgehead atoms. The summed E-state index contributed by atoms with van der Waals surface area (Å²) in [6.45, 7) is 2.98. The van der Waals surface area contributed by atoms with E-state index in [4.69, 9.17) is 14.2 Å². The number of carbonyl (C=O) groups is 1. The van der Waals surface area contributed by atoms with Crippen molar-refractivity contribution in [3.05, 3.63) is 35.9 Å². The van der Waals surface area contributed by atoms with Gasteiger partial charge in [0.15, 0.2) is 0 Å². The normalized spacial score (nSPS) is 11.9. The highest BCUT2D eigenvalue weighted by Gasteiger charge is 2.05. The van der Waals surface area contributed by atoms with Gasteiger partial charge in [0, 0.05) is 13.7 Å². The number of benzene rings is 1. The van der Waals surface area contributed by atoms with Crippen molar-refractivity contribution in [3.63, 3.8) is 0 Å². The molecule has 0 aliphatic carbocycles. The molecule has 1 aromatic rings. The molecular formula is C14H21NO4. The predicted octanol–water partition coefficient (Wildman–Crippen LogP) is 2.31. The van der Waals surface area contributed by atoms with E-state index in [9.17, 15) is 4.79 Å². The molecule has 1 atom stereocenters. The monoisotopic (exact) mass is 267 g/mol. The zero-order chi connectivity index (χ0) is 13.9. The third kappa shape index (κ3) is 7.43. The van der Waals surface area contributed by atoms with Gasteiger partial charge in [-0.25, -0.2) is 4.79 Å². The minimum atomic E-state index is -0.414. The summed E-state index contributed by atoms with van der Waals surface area (Å²) in [5, 5.41) is 2.68. The smallest absolute Gasteiger partial charge is 0.407 e. The highest BCUT2D eigenvalue weighted by molar-refractivity contribution is 5.67. The number of nitrogens with one attached hydrogen (secondary N) is 1. The number of methoxy groups -OCH3 is 1. The largest absolute Gasteiger partial charge is 0.445 e. The lowest BCUT2D eigenvalue weighted by atomic mass is 10.2. The second-order valence-corrected chi connectivity index (χ2v) is 4.16. The minimum Gasteiger partial charge on any atom is -0.445 e. The van der Waals surface area contributed by atoms with Crippen molar-refractivity contribution in [1.82, 2.24) is 5.32 Å². The van der Waals surface area contributed by atoms with Gasteiger partial charge in [0.05, 0.1) is 6.10 Å². The molecule has 1 amide bonds. The Morgan fingerprint density at radius 1 is 1.32 bits per heavy atom. The van der Waals surface area contributed by atoms with Crippen LogP contribution in [0.2, 0.25) is 0 Å². The van der Waals surface area contributed by atoms with Crippen LogP contribution < -0.4 is 5.32 Å². The van der Waals surface area contributed by atoms with Crippen LogP contribution in [0, 0.1) is 0 Å². The molecule has 0 fully saturated rings. The van der Waals surface area contributed by atoms with Gasteiger partial charge in [0.2, 0.25) is 0 Å². The van der Waals surface area contributed by atoms with Gasteiger partial charge in [-0.15, -0.1) is 0 Å². The van der Waals surface area contributed by atoms with Gasteiger partial charge < -0.3 is 19.5 Å². The van der Waals surface area contributed by atoms with Gasteiger partial charge in [0.25, 0.3) is 0 Å². The zero-order valence-electron chi connectivity index (χ0n) is 11.4. The first-order valence-electron chi connectivity index (χ1n) is 6.27. The Balaban J connectivity index is 2.08. The molecule has 0 saturated heterocycles. The molecule has 5 heteroatoms. The predicted molar refractivity (Wildman–Crippen MR) is 71.7 cm³/mol. The summed E-state index contributed by atoms with van der Waals surface area (Å²) in [5.41, 5.74) is 0.967. The Bertz CT molecular complexity index is 356. The second-order valence-electron chi connectivity index (χ2n) is 4.16. The lowest BCUT2D eigenvalue weighted by Gasteiger charge is -2.12. The Morgan fingerprint density at radius 3 is 2.74 bits per heavy atom. The summed E-state index contributed by atoms with van der Waals surface area (Å²) in [4.78, 5) is 11.4. The summed E-state index contributed by atoms with van der Waals surface area (Å²) in [7, 11) is 1.58. The van der Waals surface area contributed by atoms with Crippen LogP contribution in [-0.4, -0.2) is 32.6 Å². The van der Waals surface area contributed by atoms with E-state index in [0.29, 0.717) is 13.0 Å². The maximum absolute atomic E-state index is 11.4. The van der Waals surface area contributed by atoms with E-state index in [2.05, 4.69) is 5.32 Å². The molecule has 106 valence electrons. The molecule has 0 heterocycles. The molecule has 0 aromatic heterocycles. The van der Waals surface area contributed by atoms with Crippen LogP contribution in [0.1, 0.15) is 18.9 Å². The van der Waals surface area contributed by atoms with Crippen LogP contribution >= 0.6 is 0 Å². The molecule has 5 nitrogen and oxygen atoms in total. The average Bonchev–Trinajstić information content (AvgIpc) is 2.44. The fraction of sp³-hybridized carbons (Fsp3) is 0.500. The number of rotatable bonds is 8. The summed E-state index contributed by atoms with van der Waals surface area (Å²) in [6, 6.07) is 9.56. The van der Waals surface area contributed by atoms with Crippen LogP contribution in [-0.2, 0) is 20.8 Å². The van der Waals surface area contributed by atoms with E-state index < -0.39 is 6.09 Å². The maximum atomic E-state index is 11.4. The number of ether oxygens (including phenoxy) is 3. The van der Waals surface area contributed by atoms with Gasteiger partial charge in [-0.2, -0.15) is 0 Å². The van der Waals surface area contributed by atoms with Crippen LogP contribution in [0.25, 0.3) is 0 Å². The van der Waals surface area contributed by atoms with Crippen LogP contribution in [0.5, 0.6) is 0 Å². The number of amides is 1. The molecular weight excluding hydrogens is 246 g/mol. The van der Waals surface area contributed by atoms with Crippen molar-refractivity contribution in [2.45, 2.75) is 26.1 Å². The minimum absolute atomic E-state index is 0.0365. The highest BCUT2D eigenvalue weighted by Crippen LogP contribution is 2.01. The van der Waals surface area contributed by atoms with E-state index in [-0.39, 0.29) is 19.5 Å². The maximum Gasteiger partial charge on any atom is 0.407 e. The Kier molecular flexibility index (Phi) is 7.62. The number of alkyl carbamates (subject to hydrolysis) is 1. The summed E-state index contributed by atoms with van der Waals surface area (Å²) < 4.78 is 15.2. The summed E-state index contributed by atoms with van der Waals surface area (Å²) >= 11 is 0. The van der Waals surface area contributed by atoms with Crippen molar-refractivity contribution in [3.8, 4) is 0 Å². The average molecular weight is 267 g/mol. The third-order valence-corrected chi connectivity index (χ3v) is 2.50. The molecule has 0 spiro atoms. The van der Waals surface area contributed by atoms with Gasteiger partial charge >= 0.3 is 6.09 Å². The molecule has 1 aromatic carbocycles. The Labute approximate surface area is 113 Å². The van der Waals surface area contributed by atoms with Crippen molar-refractivity contribution in [1.29, 1.82) is 0 Å². The van der Waals surface area contributed by atoms with E-state index >= 15 is 0 Å². The van der Waals surface area contributed by atoms with Crippen molar-refractivity contribution in [2.75, 3.05) is 20.4 Å². The molecule has 1 unspecified atom stereocenters. The first kappa shape index (κ1) is 15.5. The van der Waals surface area contributed by atoms with E-state index in [1.165, 1.54) is 0 Å². The van der Waals surface area contributed by atoms with Crippen molar-refractivity contribution < 1.29 is 19.0 Å². The Morgan fingerprint density at radius 2 is 2.05 bits per heavy atom. The van der Waals surface area contributed by atoms with E-state index in [0.717, 1.165) is 5.56 Å². The fourth-order valence-corrected chi connectivity index (χ4v) is 1.42. The summed E-state index contributed by atoms with van der Waals surface area (Å²) in [5.74, 6) is 0. The lowest BCUT2D eigenvalue weighted by molar-refractivity contribution is -0.0669. The van der Waals surface area contributed by atoms with Gasteiger partial charge in [-0.3, -0.25) is 0 Å². The van der Waals surface area contributed by atoms with Crippen molar-refractivity contribution >= 4 is 6.09 Å². The fourth-order valence-electron chi connectivity index (χ4n) is 1.42. The first-order valence-corrected chi connectivity index (χ1v) is 6.27. The Hall–Kier alpha value is -1.59.